The number of rotatable bonds is 6. The summed E-state index contributed by atoms with van der Waals surface area (Å²) < 4.78 is 39.8. The average Bonchev–Trinajstić information content (AvgIpc) is 3.60. The molecule has 0 aromatic heterocycles. The fourth-order valence-corrected chi connectivity index (χ4v) is 4.22. The lowest BCUT2D eigenvalue weighted by atomic mass is 9.99. The molecule has 30 heavy (non-hydrogen) atoms. The summed E-state index contributed by atoms with van der Waals surface area (Å²) in [4.78, 5) is 14.7. The first-order valence-corrected chi connectivity index (χ1v) is 11.1. The van der Waals surface area contributed by atoms with Gasteiger partial charge in [0.15, 0.2) is 0 Å². The van der Waals surface area contributed by atoms with Crippen molar-refractivity contribution in [2.45, 2.75) is 30.6 Å². The molecule has 158 valence electrons. The predicted octanol–water partition coefficient (Wildman–Crippen LogP) is 4.79. The minimum atomic E-state index is -3.98. The Morgan fingerprint density at radius 1 is 1.00 bits per heavy atom. The molecule has 0 radical (unpaired) electrons. The Kier molecular flexibility index (Phi) is 5.40. The number of hydrazine groups is 1. The van der Waals surface area contributed by atoms with Gasteiger partial charge in [-0.05, 0) is 72.2 Å². The summed E-state index contributed by atoms with van der Waals surface area (Å²) in [6.45, 7) is 1.56. The van der Waals surface area contributed by atoms with Crippen molar-refractivity contribution in [1.82, 2.24) is 10.3 Å². The van der Waals surface area contributed by atoms with Crippen LogP contribution in [0.25, 0.3) is 11.1 Å². The fraction of sp³-hybridized carbons (Fsp3) is 0.174. The molecule has 1 amide bonds. The number of halogens is 1. The highest BCUT2D eigenvalue weighted by Crippen LogP contribution is 2.40. The van der Waals surface area contributed by atoms with E-state index in [1.165, 1.54) is 12.1 Å². The molecule has 0 atom stereocenters. The summed E-state index contributed by atoms with van der Waals surface area (Å²) in [7, 11) is -3.98. The predicted molar refractivity (Wildman–Crippen MR) is 117 cm³/mol. The standard InChI is InChI=1S/C23H21FN2O3S.2H2/c1-15-12-19(16-6-3-2-4-7-16)14-21(22(15)24)23(27)25-26-30(28,29)20-9-5-8-18(13-20)17-10-11-17;;/h2-9,12-14,17,26H,10-11H2,1H3,(H,25,27);2*1H. The van der Waals surface area contributed by atoms with Gasteiger partial charge < -0.3 is 0 Å². The van der Waals surface area contributed by atoms with Crippen molar-refractivity contribution in [3.63, 3.8) is 0 Å². The minimum absolute atomic E-state index is 0. The molecule has 0 saturated heterocycles. The second kappa shape index (κ2) is 8.01. The van der Waals surface area contributed by atoms with E-state index in [9.17, 15) is 17.6 Å². The Morgan fingerprint density at radius 3 is 2.43 bits per heavy atom. The normalized spacial score (nSPS) is 13.8. The molecule has 7 heteroatoms. The van der Waals surface area contributed by atoms with Gasteiger partial charge >= 0.3 is 0 Å². The minimum Gasteiger partial charge on any atom is -0.273 e. The molecule has 0 bridgehead atoms. The number of nitrogens with one attached hydrogen (secondary N) is 2. The Hall–Kier alpha value is -3.03. The van der Waals surface area contributed by atoms with Crippen molar-refractivity contribution in [3.8, 4) is 11.1 Å². The molecule has 0 spiro atoms. The number of carbonyl (C=O) groups is 1. The van der Waals surface area contributed by atoms with Gasteiger partial charge in [-0.1, -0.05) is 42.5 Å². The monoisotopic (exact) mass is 428 g/mol. The maximum atomic E-state index is 14.6. The van der Waals surface area contributed by atoms with E-state index in [2.05, 4.69) is 10.3 Å². The number of amides is 1. The molecular formula is C23H25FN2O3S. The highest BCUT2D eigenvalue weighted by Gasteiger charge is 2.25. The molecule has 2 N–H and O–H groups in total. The van der Waals surface area contributed by atoms with Gasteiger partial charge in [0.2, 0.25) is 0 Å². The lowest BCUT2D eigenvalue weighted by Gasteiger charge is -2.12. The van der Waals surface area contributed by atoms with E-state index in [-0.39, 0.29) is 13.3 Å². The SMILES string of the molecule is Cc1cc(-c2ccccc2)cc(C(=O)NNS(=O)(=O)c2cccc(C3CC3)c2)c1F.[HH].[HH]. The number of carbonyl (C=O) groups excluding carboxylic acids is 1. The molecule has 1 saturated carbocycles. The topological polar surface area (TPSA) is 75.3 Å². The van der Waals surface area contributed by atoms with Crippen molar-refractivity contribution >= 4 is 15.9 Å². The third-order valence-corrected chi connectivity index (χ3v) is 6.37. The third-order valence-electron chi connectivity index (χ3n) is 5.12. The summed E-state index contributed by atoms with van der Waals surface area (Å²) in [5, 5.41) is 0. The van der Waals surface area contributed by atoms with Gasteiger partial charge in [0.05, 0.1) is 10.5 Å². The van der Waals surface area contributed by atoms with Crippen LogP contribution in [0.1, 0.15) is 43.1 Å². The van der Waals surface area contributed by atoms with Crippen molar-refractivity contribution in [2.75, 3.05) is 0 Å². The van der Waals surface area contributed by atoms with E-state index >= 15 is 0 Å². The summed E-state index contributed by atoms with van der Waals surface area (Å²) in [6.07, 6.45) is 2.09. The van der Waals surface area contributed by atoms with Gasteiger partial charge in [-0.2, -0.15) is 0 Å². The van der Waals surface area contributed by atoms with E-state index in [4.69, 9.17) is 0 Å². The van der Waals surface area contributed by atoms with Gasteiger partial charge in [-0.3, -0.25) is 10.2 Å². The first-order chi connectivity index (χ1) is 14.3. The van der Waals surface area contributed by atoms with Gasteiger partial charge in [0.1, 0.15) is 5.82 Å². The van der Waals surface area contributed by atoms with Crippen molar-refractivity contribution in [1.29, 1.82) is 0 Å². The molecule has 4 rings (SSSR count). The maximum absolute atomic E-state index is 14.6. The lowest BCUT2D eigenvalue weighted by molar-refractivity contribution is 0.0941. The zero-order valence-electron chi connectivity index (χ0n) is 16.4. The zero-order valence-corrected chi connectivity index (χ0v) is 17.2. The van der Waals surface area contributed by atoms with E-state index in [0.29, 0.717) is 17.0 Å². The van der Waals surface area contributed by atoms with Gasteiger partial charge in [-0.15, -0.1) is 4.83 Å². The average molecular weight is 429 g/mol. The molecule has 3 aromatic carbocycles. The van der Waals surface area contributed by atoms with Gasteiger partial charge in [0, 0.05) is 2.85 Å². The number of hydrogen-bond donors (Lipinski definition) is 2. The van der Waals surface area contributed by atoms with Crippen LogP contribution in [0.15, 0.2) is 71.6 Å². The van der Waals surface area contributed by atoms with Crippen molar-refractivity contribution in [3.05, 3.63) is 89.2 Å². The van der Waals surface area contributed by atoms with Crippen LogP contribution in [-0.2, 0) is 10.0 Å². The number of sulfonamides is 1. The molecule has 0 unspecified atom stereocenters. The summed E-state index contributed by atoms with van der Waals surface area (Å²) in [6, 6.07) is 18.9. The van der Waals surface area contributed by atoms with Gasteiger partial charge in [-0.25, -0.2) is 12.8 Å². The van der Waals surface area contributed by atoms with Crippen molar-refractivity contribution < 1.29 is 20.5 Å². The Labute approximate surface area is 177 Å². The first-order valence-electron chi connectivity index (χ1n) is 9.63. The van der Waals surface area contributed by atoms with E-state index in [0.717, 1.165) is 24.0 Å². The van der Waals surface area contributed by atoms with Crippen LogP contribution in [0.4, 0.5) is 4.39 Å². The van der Waals surface area contributed by atoms with Crippen molar-refractivity contribution in [2.24, 2.45) is 0 Å². The van der Waals surface area contributed by atoms with E-state index in [1.807, 2.05) is 36.4 Å². The van der Waals surface area contributed by atoms with Crippen LogP contribution in [0.2, 0.25) is 0 Å². The lowest BCUT2D eigenvalue weighted by Crippen LogP contribution is -2.42. The summed E-state index contributed by atoms with van der Waals surface area (Å²) in [5.41, 5.74) is 4.64. The van der Waals surface area contributed by atoms with E-state index in [1.54, 1.807) is 25.1 Å². The Balaban J connectivity index is 0.00000181. The largest absolute Gasteiger partial charge is 0.273 e. The second-order valence-corrected chi connectivity index (χ2v) is 9.11. The van der Waals surface area contributed by atoms with Crippen LogP contribution in [-0.4, -0.2) is 14.3 Å². The highest BCUT2D eigenvalue weighted by molar-refractivity contribution is 7.89. The Bertz CT molecular complexity index is 1220. The molecule has 1 fully saturated rings. The summed E-state index contributed by atoms with van der Waals surface area (Å²) in [5.74, 6) is -1.16. The molecule has 0 aliphatic heterocycles. The van der Waals surface area contributed by atoms with Crippen LogP contribution < -0.4 is 10.3 Å². The molecule has 1 aliphatic carbocycles. The molecular weight excluding hydrogens is 403 g/mol. The number of aryl methyl sites for hydroxylation is 1. The molecule has 0 heterocycles. The van der Waals surface area contributed by atoms with E-state index < -0.39 is 21.7 Å². The maximum Gasteiger partial charge on any atom is 0.269 e. The fourth-order valence-electron chi connectivity index (χ4n) is 3.32. The Morgan fingerprint density at radius 2 is 1.73 bits per heavy atom. The zero-order chi connectivity index (χ0) is 21.3. The first kappa shape index (κ1) is 20.3. The number of hydrogen-bond acceptors (Lipinski definition) is 3. The highest BCUT2D eigenvalue weighted by atomic mass is 32.2. The second-order valence-electron chi connectivity index (χ2n) is 7.43. The smallest absolute Gasteiger partial charge is 0.269 e. The van der Waals surface area contributed by atoms with Crippen LogP contribution in [0, 0.1) is 12.7 Å². The van der Waals surface area contributed by atoms with Crippen LogP contribution in [0.3, 0.4) is 0 Å². The molecule has 3 aromatic rings. The van der Waals surface area contributed by atoms with Gasteiger partial charge in [0.25, 0.3) is 15.9 Å². The third kappa shape index (κ3) is 4.27. The number of benzene rings is 3. The quantitative estimate of drug-likeness (QED) is 0.554. The molecule has 1 aliphatic rings. The van der Waals surface area contributed by atoms with Crippen LogP contribution >= 0.6 is 0 Å². The summed E-state index contributed by atoms with van der Waals surface area (Å²) >= 11 is 0. The van der Waals surface area contributed by atoms with Crippen LogP contribution in [0.5, 0.6) is 0 Å². The molecule has 5 nitrogen and oxygen atoms in total.